The van der Waals surface area contributed by atoms with Gasteiger partial charge in [-0.1, -0.05) is 30.3 Å². The summed E-state index contributed by atoms with van der Waals surface area (Å²) in [6, 6.07) is 16.4. The van der Waals surface area contributed by atoms with Crippen molar-refractivity contribution in [2.75, 3.05) is 6.54 Å². The molecule has 0 spiro atoms. The van der Waals surface area contributed by atoms with E-state index in [1.165, 1.54) is 0 Å². The highest BCUT2D eigenvalue weighted by atomic mass is 16.5. The summed E-state index contributed by atoms with van der Waals surface area (Å²) in [7, 11) is 0. The average Bonchev–Trinajstić information content (AvgIpc) is 2.86. The fourth-order valence-corrected chi connectivity index (χ4v) is 2.76. The molecule has 1 aliphatic rings. The Morgan fingerprint density at radius 2 is 1.84 bits per heavy atom. The first kappa shape index (κ1) is 17.0. The van der Waals surface area contributed by atoms with Crippen LogP contribution in [0.1, 0.15) is 35.2 Å². The summed E-state index contributed by atoms with van der Waals surface area (Å²) in [4.78, 5) is 24.2. The van der Waals surface area contributed by atoms with Gasteiger partial charge >= 0.3 is 0 Å². The van der Waals surface area contributed by atoms with E-state index < -0.39 is 6.04 Å². The van der Waals surface area contributed by atoms with Crippen LogP contribution in [0, 0.1) is 0 Å². The molecule has 5 nitrogen and oxygen atoms in total. The van der Waals surface area contributed by atoms with Gasteiger partial charge in [0.25, 0.3) is 5.91 Å². The number of hydrogen-bond acceptors (Lipinski definition) is 3. The smallest absolute Gasteiger partial charge is 0.251 e. The van der Waals surface area contributed by atoms with E-state index in [2.05, 4.69) is 10.6 Å². The molecule has 2 aromatic rings. The molecule has 0 aliphatic carbocycles. The zero-order chi connectivity index (χ0) is 17.5. The number of benzene rings is 2. The van der Waals surface area contributed by atoms with Crippen LogP contribution in [-0.4, -0.2) is 24.4 Å². The fourth-order valence-electron chi connectivity index (χ4n) is 2.76. The van der Waals surface area contributed by atoms with Crippen LogP contribution in [0.2, 0.25) is 0 Å². The molecule has 0 radical (unpaired) electrons. The summed E-state index contributed by atoms with van der Waals surface area (Å²) in [5.41, 5.74) is 1.60. The van der Waals surface area contributed by atoms with Gasteiger partial charge in [-0.25, -0.2) is 0 Å². The lowest BCUT2D eigenvalue weighted by Gasteiger charge is -2.15. The second-order valence-electron chi connectivity index (χ2n) is 6.11. The summed E-state index contributed by atoms with van der Waals surface area (Å²) < 4.78 is 5.71. The topological polar surface area (TPSA) is 67.4 Å². The molecule has 0 aromatic heterocycles. The van der Waals surface area contributed by atoms with Crippen molar-refractivity contribution in [2.24, 2.45) is 0 Å². The molecule has 2 aromatic carbocycles. The Balaban J connectivity index is 1.55. The van der Waals surface area contributed by atoms with Gasteiger partial charge in [-0.05, 0) is 49.1 Å². The molecule has 2 amide bonds. The number of carbonyl (C=O) groups is 2. The molecule has 1 fully saturated rings. The van der Waals surface area contributed by atoms with Gasteiger partial charge < -0.3 is 15.4 Å². The van der Waals surface area contributed by atoms with Crippen molar-refractivity contribution in [3.63, 3.8) is 0 Å². The Morgan fingerprint density at radius 3 is 2.60 bits per heavy atom. The summed E-state index contributed by atoms with van der Waals surface area (Å²) >= 11 is 0. The third-order valence-corrected chi connectivity index (χ3v) is 4.21. The number of carbonyl (C=O) groups excluding carboxylic acids is 2. The minimum Gasteiger partial charge on any atom is -0.489 e. The van der Waals surface area contributed by atoms with Crippen LogP contribution in [0.3, 0.4) is 0 Å². The van der Waals surface area contributed by atoms with Crippen LogP contribution in [0.5, 0.6) is 5.75 Å². The Bertz CT molecular complexity index is 713. The molecule has 0 bridgehead atoms. The molecule has 1 heterocycles. The fraction of sp³-hybridized carbons (Fsp3) is 0.300. The molecular formula is C20H22N2O3. The Labute approximate surface area is 147 Å². The molecule has 1 aliphatic heterocycles. The monoisotopic (exact) mass is 338 g/mol. The maximum atomic E-state index is 12.3. The molecule has 1 saturated heterocycles. The van der Waals surface area contributed by atoms with Gasteiger partial charge in [0, 0.05) is 12.1 Å². The van der Waals surface area contributed by atoms with Crippen molar-refractivity contribution < 1.29 is 14.3 Å². The predicted molar refractivity (Wildman–Crippen MR) is 95.3 cm³/mol. The van der Waals surface area contributed by atoms with Gasteiger partial charge in [0.05, 0.1) is 0 Å². The first-order chi connectivity index (χ1) is 12.2. The largest absolute Gasteiger partial charge is 0.489 e. The second-order valence-corrected chi connectivity index (χ2v) is 6.11. The zero-order valence-corrected chi connectivity index (χ0v) is 14.0. The van der Waals surface area contributed by atoms with Gasteiger partial charge in [-0.2, -0.15) is 0 Å². The van der Waals surface area contributed by atoms with Crippen molar-refractivity contribution >= 4 is 11.8 Å². The summed E-state index contributed by atoms with van der Waals surface area (Å²) in [5.74, 6) is 0.359. The Morgan fingerprint density at radius 1 is 1.08 bits per heavy atom. The van der Waals surface area contributed by atoms with Crippen molar-refractivity contribution in [2.45, 2.75) is 31.9 Å². The van der Waals surface area contributed by atoms with E-state index in [-0.39, 0.29) is 11.8 Å². The minimum atomic E-state index is -0.455. The van der Waals surface area contributed by atoms with Gasteiger partial charge in [0.2, 0.25) is 5.91 Å². The number of amides is 2. The van der Waals surface area contributed by atoms with Crippen molar-refractivity contribution in [1.82, 2.24) is 10.6 Å². The average molecular weight is 338 g/mol. The summed E-state index contributed by atoms with van der Waals surface area (Å²) in [6.07, 6.45) is 2.55. The van der Waals surface area contributed by atoms with E-state index in [0.717, 1.165) is 18.4 Å². The van der Waals surface area contributed by atoms with E-state index in [1.807, 2.05) is 30.3 Å². The minimum absolute atomic E-state index is 0.103. The molecule has 0 saturated carbocycles. The van der Waals surface area contributed by atoms with Crippen LogP contribution in [-0.2, 0) is 11.4 Å². The maximum absolute atomic E-state index is 12.3. The predicted octanol–water partition coefficient (Wildman–Crippen LogP) is 2.66. The van der Waals surface area contributed by atoms with Crippen LogP contribution < -0.4 is 15.4 Å². The molecule has 5 heteroatoms. The first-order valence-corrected chi connectivity index (χ1v) is 8.58. The molecule has 1 atom stereocenters. The molecule has 2 N–H and O–H groups in total. The number of ether oxygens (including phenoxy) is 1. The molecule has 3 rings (SSSR count). The van der Waals surface area contributed by atoms with E-state index in [1.54, 1.807) is 24.3 Å². The molecule has 130 valence electrons. The van der Waals surface area contributed by atoms with Crippen LogP contribution in [0.4, 0.5) is 0 Å². The normalized spacial score (nSPS) is 17.3. The number of nitrogens with one attached hydrogen (secondary N) is 2. The SMILES string of the molecule is O=C(N[C@@H]1CCCCNC1=O)c1ccc(OCc2ccccc2)cc1. The number of hydrogen-bond donors (Lipinski definition) is 2. The Hall–Kier alpha value is -2.82. The first-order valence-electron chi connectivity index (χ1n) is 8.58. The lowest BCUT2D eigenvalue weighted by Crippen LogP contribution is -2.45. The van der Waals surface area contributed by atoms with Gasteiger partial charge in [0.15, 0.2) is 0 Å². The highest BCUT2D eigenvalue weighted by Gasteiger charge is 2.22. The molecule has 25 heavy (non-hydrogen) atoms. The van der Waals surface area contributed by atoms with Crippen LogP contribution >= 0.6 is 0 Å². The second kappa shape index (κ2) is 8.33. The van der Waals surface area contributed by atoms with E-state index in [9.17, 15) is 9.59 Å². The standard InChI is InChI=1S/C20H22N2O3/c23-19(22-18-8-4-5-13-21-20(18)24)16-9-11-17(12-10-16)25-14-15-6-2-1-3-7-15/h1-3,6-7,9-12,18H,4-5,8,13-14H2,(H,21,24)(H,22,23)/t18-/m1/s1. The van der Waals surface area contributed by atoms with E-state index in [4.69, 9.17) is 4.74 Å². The maximum Gasteiger partial charge on any atom is 0.251 e. The van der Waals surface area contributed by atoms with E-state index >= 15 is 0 Å². The third-order valence-electron chi connectivity index (χ3n) is 4.21. The van der Waals surface area contributed by atoms with Crippen molar-refractivity contribution in [3.8, 4) is 5.75 Å². The quantitative estimate of drug-likeness (QED) is 0.881. The van der Waals surface area contributed by atoms with Crippen molar-refractivity contribution in [3.05, 3.63) is 65.7 Å². The van der Waals surface area contributed by atoms with Gasteiger partial charge in [-0.3, -0.25) is 9.59 Å². The highest BCUT2D eigenvalue weighted by molar-refractivity contribution is 5.97. The molecular weight excluding hydrogens is 316 g/mol. The summed E-state index contributed by atoms with van der Waals surface area (Å²) in [6.45, 7) is 1.16. The van der Waals surface area contributed by atoms with Crippen LogP contribution in [0.15, 0.2) is 54.6 Å². The van der Waals surface area contributed by atoms with Crippen LogP contribution in [0.25, 0.3) is 0 Å². The summed E-state index contributed by atoms with van der Waals surface area (Å²) in [5, 5.41) is 5.63. The van der Waals surface area contributed by atoms with Gasteiger partial charge in [-0.15, -0.1) is 0 Å². The van der Waals surface area contributed by atoms with E-state index in [0.29, 0.717) is 30.9 Å². The Kier molecular flexibility index (Phi) is 5.67. The zero-order valence-electron chi connectivity index (χ0n) is 14.0. The number of rotatable bonds is 5. The highest BCUT2D eigenvalue weighted by Crippen LogP contribution is 2.15. The third kappa shape index (κ3) is 4.83. The lowest BCUT2D eigenvalue weighted by molar-refractivity contribution is -0.122. The molecule has 0 unspecified atom stereocenters. The lowest BCUT2D eigenvalue weighted by atomic mass is 10.1. The van der Waals surface area contributed by atoms with Crippen molar-refractivity contribution in [1.29, 1.82) is 0 Å². The van der Waals surface area contributed by atoms with Gasteiger partial charge in [0.1, 0.15) is 18.4 Å².